The van der Waals surface area contributed by atoms with E-state index in [0.717, 1.165) is 43.5 Å². The molecule has 4 aliphatic rings. The molecule has 1 aromatic carbocycles. The lowest BCUT2D eigenvalue weighted by atomic mass is 9.77. The standard InChI is InChI=1S/C29H39NO9.C4H6O4/c1-27(2,33)8-5-10-29(34,16-23(31)36-4)26(32)39-25-22(35-3)15-28-9-6-11-30(28)12-7-18-13-20-21(38-17-37-20)14-19(18)24(25)28;1-2(5)3(6)4(7)8/h13-15,24-25,33-34H,5-12,16-17H2,1-4H3;3,5-6H,1H2,(H,7,8)/t24-,25-,28+,29+;/m1./s1. The normalized spacial score (nSPS) is 25.7. The maximum absolute atomic E-state index is 13.8. The van der Waals surface area contributed by atoms with Gasteiger partial charge in [0.15, 0.2) is 23.2 Å². The lowest BCUT2D eigenvalue weighted by molar-refractivity contribution is -0.932. The van der Waals surface area contributed by atoms with E-state index >= 15 is 0 Å². The SMILES string of the molecule is C=C(O)C(O)C(=O)[O-].COC(=O)C[C@@](O)(CCCC(C)(C)O)C(=O)O[C@@H]1C(OC)=C[C@]23CCC[NH+]2CCc2cc4c(cc2[C@H]13)OCO4. The molecule has 6 atom stereocenters. The molecule has 5 rings (SSSR count). The number of hydrogen-bond acceptors (Lipinski definition) is 13. The maximum atomic E-state index is 13.8. The van der Waals surface area contributed by atoms with Crippen LogP contribution >= 0.6 is 0 Å². The predicted octanol–water partition coefficient (Wildman–Crippen LogP) is -0.667. The third-order valence-corrected chi connectivity index (χ3v) is 9.36. The Morgan fingerprint density at radius 1 is 1.15 bits per heavy atom. The lowest BCUT2D eigenvalue weighted by Crippen LogP contribution is -3.18. The van der Waals surface area contributed by atoms with Crippen molar-refractivity contribution < 1.29 is 68.5 Å². The van der Waals surface area contributed by atoms with Gasteiger partial charge in [-0.2, -0.15) is 0 Å². The summed E-state index contributed by atoms with van der Waals surface area (Å²) in [6.45, 7) is 8.15. The number of quaternary nitrogens is 1. The lowest BCUT2D eigenvalue weighted by Gasteiger charge is -2.37. The summed E-state index contributed by atoms with van der Waals surface area (Å²) in [4.78, 5) is 37.0. The Morgan fingerprint density at radius 2 is 1.83 bits per heavy atom. The van der Waals surface area contributed by atoms with Gasteiger partial charge in [-0.3, -0.25) is 4.79 Å². The van der Waals surface area contributed by atoms with Gasteiger partial charge < -0.3 is 58.9 Å². The van der Waals surface area contributed by atoms with Gasteiger partial charge in [-0.1, -0.05) is 6.58 Å². The number of carboxylic acid groups (broad SMARTS) is 1. The third-order valence-electron chi connectivity index (χ3n) is 9.36. The summed E-state index contributed by atoms with van der Waals surface area (Å²) in [7, 11) is 2.77. The van der Waals surface area contributed by atoms with Gasteiger partial charge >= 0.3 is 11.9 Å². The highest BCUT2D eigenvalue weighted by Gasteiger charge is 2.62. The van der Waals surface area contributed by atoms with Crippen LogP contribution in [0.1, 0.15) is 69.4 Å². The molecule has 0 aromatic heterocycles. The molecule has 14 nitrogen and oxygen atoms in total. The zero-order valence-electron chi connectivity index (χ0n) is 27.2. The quantitative estimate of drug-likeness (QED) is 0.147. The van der Waals surface area contributed by atoms with E-state index in [9.17, 15) is 29.7 Å². The molecule has 1 spiro atoms. The van der Waals surface area contributed by atoms with Gasteiger partial charge in [-0.05, 0) is 56.4 Å². The summed E-state index contributed by atoms with van der Waals surface area (Å²) in [6, 6.07) is 4.03. The second-order valence-electron chi connectivity index (χ2n) is 13.1. The molecular formula is C33H45NO13. The van der Waals surface area contributed by atoms with Gasteiger partial charge in [0.25, 0.3) is 0 Å². The Morgan fingerprint density at radius 3 is 2.40 bits per heavy atom. The molecule has 0 bridgehead atoms. The van der Waals surface area contributed by atoms with Crippen LogP contribution in [0.2, 0.25) is 0 Å². The number of fused-ring (bicyclic) bond motifs is 3. The van der Waals surface area contributed by atoms with Crippen LogP contribution in [0, 0.1) is 0 Å². The molecule has 1 aromatic rings. The van der Waals surface area contributed by atoms with Gasteiger partial charge in [0, 0.05) is 25.3 Å². The first-order valence-corrected chi connectivity index (χ1v) is 15.6. The van der Waals surface area contributed by atoms with E-state index in [-0.39, 0.29) is 24.7 Å². The number of benzene rings is 1. The maximum Gasteiger partial charge on any atom is 0.339 e. The first-order chi connectivity index (χ1) is 22.0. The molecule has 3 heterocycles. The second-order valence-corrected chi connectivity index (χ2v) is 13.1. The Balaban J connectivity index is 0.000000555. The van der Waals surface area contributed by atoms with E-state index in [0.29, 0.717) is 30.1 Å². The number of nitrogens with one attached hydrogen (secondary N) is 1. The largest absolute Gasteiger partial charge is 0.547 e. The molecule has 1 saturated heterocycles. The highest BCUT2D eigenvalue weighted by molar-refractivity contribution is 5.86. The molecule has 260 valence electrons. The Hall–Kier alpha value is -3.85. The summed E-state index contributed by atoms with van der Waals surface area (Å²) in [6.07, 6.45) is 2.17. The average Bonchev–Trinajstić information content (AvgIpc) is 3.69. The van der Waals surface area contributed by atoms with E-state index in [1.165, 1.54) is 12.0 Å². The van der Waals surface area contributed by atoms with Crippen molar-refractivity contribution in [2.45, 2.75) is 93.7 Å². The van der Waals surface area contributed by atoms with Gasteiger partial charge in [0.1, 0.15) is 23.2 Å². The molecule has 5 N–H and O–H groups in total. The molecule has 1 fully saturated rings. The van der Waals surface area contributed by atoms with Crippen LogP contribution < -0.4 is 19.5 Å². The molecule has 2 unspecified atom stereocenters. The summed E-state index contributed by atoms with van der Waals surface area (Å²) in [5.74, 6) is -2.54. The topological polar surface area (TPSA) is 206 Å². The highest BCUT2D eigenvalue weighted by Crippen LogP contribution is 2.50. The zero-order chi connectivity index (χ0) is 34.7. The van der Waals surface area contributed by atoms with Crippen molar-refractivity contribution in [2.24, 2.45) is 0 Å². The fourth-order valence-corrected chi connectivity index (χ4v) is 7.05. The van der Waals surface area contributed by atoms with Crippen molar-refractivity contribution in [3.8, 4) is 11.5 Å². The van der Waals surface area contributed by atoms with Gasteiger partial charge in [-0.25, -0.2) is 4.79 Å². The Labute approximate surface area is 273 Å². The number of aliphatic hydroxyl groups is 4. The zero-order valence-corrected chi connectivity index (χ0v) is 27.2. The van der Waals surface area contributed by atoms with Crippen LogP contribution in [0.3, 0.4) is 0 Å². The highest BCUT2D eigenvalue weighted by atomic mass is 16.7. The number of carbonyl (C=O) groups is 3. The summed E-state index contributed by atoms with van der Waals surface area (Å²) >= 11 is 0. The van der Waals surface area contributed by atoms with E-state index in [2.05, 4.69) is 12.7 Å². The Kier molecular flexibility index (Phi) is 10.8. The van der Waals surface area contributed by atoms with Crippen molar-refractivity contribution in [2.75, 3.05) is 34.1 Å². The fraction of sp³-hybridized carbons (Fsp3) is 0.606. The molecule has 1 aliphatic carbocycles. The number of aliphatic carboxylic acids is 1. The fourth-order valence-electron chi connectivity index (χ4n) is 7.05. The first-order valence-electron chi connectivity index (χ1n) is 15.6. The van der Waals surface area contributed by atoms with Gasteiger partial charge in [0.05, 0.1) is 51.2 Å². The summed E-state index contributed by atoms with van der Waals surface area (Å²) in [5, 5.41) is 47.5. The molecule has 47 heavy (non-hydrogen) atoms. The van der Waals surface area contributed by atoms with Crippen molar-refractivity contribution in [1.82, 2.24) is 0 Å². The number of carbonyl (C=O) groups excluding carboxylic acids is 3. The number of aliphatic hydroxyl groups excluding tert-OH is 2. The number of methoxy groups -OCH3 is 2. The van der Waals surface area contributed by atoms with Crippen LogP contribution in [0.5, 0.6) is 11.5 Å². The molecular weight excluding hydrogens is 618 g/mol. The molecule has 14 heteroatoms. The molecule has 0 amide bonds. The van der Waals surface area contributed by atoms with Crippen LogP contribution in [0.4, 0.5) is 0 Å². The minimum absolute atomic E-state index is 0.0634. The Bertz CT molecular complexity index is 1390. The predicted molar refractivity (Wildman–Crippen MR) is 161 cm³/mol. The van der Waals surface area contributed by atoms with Gasteiger partial charge in [0.2, 0.25) is 6.79 Å². The van der Waals surface area contributed by atoms with Crippen LogP contribution in [-0.2, 0) is 35.0 Å². The van der Waals surface area contributed by atoms with E-state index in [1.807, 2.05) is 12.1 Å². The minimum Gasteiger partial charge on any atom is -0.547 e. The van der Waals surface area contributed by atoms with Crippen molar-refractivity contribution in [3.05, 3.63) is 47.4 Å². The van der Waals surface area contributed by atoms with Crippen LogP contribution in [0.25, 0.3) is 0 Å². The number of hydrogen-bond donors (Lipinski definition) is 5. The van der Waals surface area contributed by atoms with E-state index in [1.54, 1.807) is 21.0 Å². The summed E-state index contributed by atoms with van der Waals surface area (Å²) in [5.41, 5.74) is -1.29. The third kappa shape index (κ3) is 7.67. The van der Waals surface area contributed by atoms with E-state index < -0.39 is 53.5 Å². The van der Waals surface area contributed by atoms with Crippen molar-refractivity contribution in [3.63, 3.8) is 0 Å². The van der Waals surface area contributed by atoms with Crippen LogP contribution in [0.15, 0.2) is 36.3 Å². The van der Waals surface area contributed by atoms with Crippen molar-refractivity contribution >= 4 is 17.9 Å². The van der Waals surface area contributed by atoms with Gasteiger partial charge in [-0.15, -0.1) is 0 Å². The molecule has 0 saturated carbocycles. The number of ether oxygens (including phenoxy) is 5. The van der Waals surface area contributed by atoms with E-state index in [4.69, 9.17) is 33.9 Å². The first kappa shape index (κ1) is 36.0. The minimum atomic E-state index is -2.11. The average molecular weight is 664 g/mol. The number of carboxylic acids is 1. The molecule has 0 radical (unpaired) electrons. The number of rotatable bonds is 11. The smallest absolute Gasteiger partial charge is 0.339 e. The van der Waals surface area contributed by atoms with Crippen molar-refractivity contribution in [1.29, 1.82) is 0 Å². The number of esters is 2. The second kappa shape index (κ2) is 14.1. The van der Waals surface area contributed by atoms with Crippen LogP contribution in [-0.4, -0.2) is 101 Å². The summed E-state index contributed by atoms with van der Waals surface area (Å²) < 4.78 is 28.1. The monoisotopic (exact) mass is 663 g/mol. The molecule has 3 aliphatic heterocycles.